The highest BCUT2D eigenvalue weighted by atomic mass is 32.2. The summed E-state index contributed by atoms with van der Waals surface area (Å²) in [6, 6.07) is 3.75. The van der Waals surface area contributed by atoms with Crippen molar-refractivity contribution in [3.8, 4) is 17.2 Å². The van der Waals surface area contributed by atoms with Gasteiger partial charge in [0.25, 0.3) is 0 Å². The zero-order valence-corrected chi connectivity index (χ0v) is 13.8. The summed E-state index contributed by atoms with van der Waals surface area (Å²) in [6.07, 6.45) is 0. The number of methoxy groups -OCH3 is 1. The van der Waals surface area contributed by atoms with Gasteiger partial charge in [-0.25, -0.2) is 0 Å². The first kappa shape index (κ1) is 15.8. The van der Waals surface area contributed by atoms with Gasteiger partial charge in [0.1, 0.15) is 5.37 Å². The molecule has 1 saturated heterocycles. The average molecular weight is 338 g/mol. The summed E-state index contributed by atoms with van der Waals surface area (Å²) < 4.78 is 16.2. The molecule has 2 aliphatic rings. The molecule has 2 aliphatic heterocycles. The van der Waals surface area contributed by atoms with Crippen molar-refractivity contribution >= 4 is 23.6 Å². The van der Waals surface area contributed by atoms with Crippen molar-refractivity contribution in [1.29, 1.82) is 0 Å². The summed E-state index contributed by atoms with van der Waals surface area (Å²) in [4.78, 5) is 24.9. The summed E-state index contributed by atoms with van der Waals surface area (Å²) in [5.41, 5.74) is 0.921. The van der Waals surface area contributed by atoms with E-state index in [9.17, 15) is 9.59 Å². The molecule has 1 atom stereocenters. The second kappa shape index (κ2) is 6.57. The van der Waals surface area contributed by atoms with Crippen LogP contribution in [0.5, 0.6) is 17.2 Å². The molecule has 0 saturated carbocycles. The van der Waals surface area contributed by atoms with Gasteiger partial charge in [0, 0.05) is 20.0 Å². The molecule has 7 nitrogen and oxygen atoms in total. The number of hydrogen-bond acceptors (Lipinski definition) is 6. The first-order valence-electron chi connectivity index (χ1n) is 7.23. The Bertz CT molecular complexity index is 637. The van der Waals surface area contributed by atoms with Gasteiger partial charge in [0.15, 0.2) is 11.5 Å². The number of ether oxygens (including phenoxy) is 3. The van der Waals surface area contributed by atoms with Crippen molar-refractivity contribution in [2.75, 3.05) is 32.7 Å². The molecule has 1 N–H and O–H groups in total. The van der Waals surface area contributed by atoms with Gasteiger partial charge in [-0.3, -0.25) is 9.59 Å². The van der Waals surface area contributed by atoms with Crippen LogP contribution in [0.3, 0.4) is 0 Å². The monoisotopic (exact) mass is 338 g/mol. The number of hydrogen-bond donors (Lipinski definition) is 1. The Hall–Kier alpha value is -2.09. The lowest BCUT2D eigenvalue weighted by atomic mass is 10.1. The Labute approximate surface area is 138 Å². The number of fused-ring (bicyclic) bond motifs is 1. The van der Waals surface area contributed by atoms with Crippen LogP contribution >= 0.6 is 11.8 Å². The van der Waals surface area contributed by atoms with E-state index in [1.807, 2.05) is 12.1 Å². The second-order valence-electron chi connectivity index (χ2n) is 5.19. The van der Waals surface area contributed by atoms with E-state index in [1.54, 1.807) is 23.8 Å². The normalized spacial score (nSPS) is 19.1. The number of carbonyl (C=O) groups excluding carboxylic acids is 2. The molecule has 1 aromatic carbocycles. The average Bonchev–Trinajstić information content (AvgIpc) is 3.13. The number of nitrogens with one attached hydrogen (secondary N) is 1. The first-order chi connectivity index (χ1) is 11.1. The molecule has 23 heavy (non-hydrogen) atoms. The quantitative estimate of drug-likeness (QED) is 0.867. The zero-order valence-electron chi connectivity index (χ0n) is 13.0. The summed E-state index contributed by atoms with van der Waals surface area (Å²) in [5, 5.41) is 2.59. The minimum absolute atomic E-state index is 0.0574. The number of benzene rings is 1. The largest absolute Gasteiger partial charge is 0.493 e. The number of rotatable bonds is 5. The van der Waals surface area contributed by atoms with E-state index in [4.69, 9.17) is 14.2 Å². The highest BCUT2D eigenvalue weighted by Gasteiger charge is 2.34. The topological polar surface area (TPSA) is 77.1 Å². The molecule has 1 fully saturated rings. The second-order valence-corrected chi connectivity index (χ2v) is 6.26. The van der Waals surface area contributed by atoms with Gasteiger partial charge >= 0.3 is 0 Å². The summed E-state index contributed by atoms with van der Waals surface area (Å²) in [6.45, 7) is 2.52. The third kappa shape index (κ3) is 3.17. The van der Waals surface area contributed by atoms with E-state index in [0.717, 1.165) is 5.56 Å². The van der Waals surface area contributed by atoms with Crippen molar-refractivity contribution < 1.29 is 23.8 Å². The standard InChI is InChI=1S/C15H18N2O5S/c1-9(18)16-3-4-17-13(19)7-23-15(17)10-5-11(20-2)14-12(6-10)21-8-22-14/h5-6,15H,3-4,7-8H2,1-2H3,(H,16,18). The van der Waals surface area contributed by atoms with Crippen LogP contribution in [0.15, 0.2) is 12.1 Å². The van der Waals surface area contributed by atoms with Gasteiger partial charge in [-0.15, -0.1) is 11.8 Å². The fourth-order valence-corrected chi connectivity index (χ4v) is 3.81. The molecule has 0 aromatic heterocycles. The third-order valence-corrected chi connectivity index (χ3v) is 4.92. The Morgan fingerprint density at radius 1 is 1.48 bits per heavy atom. The van der Waals surface area contributed by atoms with E-state index >= 15 is 0 Å². The van der Waals surface area contributed by atoms with Crippen molar-refractivity contribution in [3.05, 3.63) is 17.7 Å². The molecular weight excluding hydrogens is 320 g/mol. The van der Waals surface area contributed by atoms with Crippen molar-refractivity contribution in [3.63, 3.8) is 0 Å². The Morgan fingerprint density at radius 3 is 3.04 bits per heavy atom. The van der Waals surface area contributed by atoms with E-state index in [1.165, 1.54) is 6.92 Å². The van der Waals surface area contributed by atoms with Crippen molar-refractivity contribution in [2.24, 2.45) is 0 Å². The summed E-state index contributed by atoms with van der Waals surface area (Å²) in [7, 11) is 1.57. The van der Waals surface area contributed by atoms with Crippen molar-refractivity contribution in [1.82, 2.24) is 10.2 Å². The molecule has 1 unspecified atom stereocenters. The highest BCUT2D eigenvalue weighted by Crippen LogP contribution is 2.47. The van der Waals surface area contributed by atoms with Crippen LogP contribution in [-0.4, -0.2) is 49.5 Å². The van der Waals surface area contributed by atoms with Crippen LogP contribution in [0, 0.1) is 0 Å². The molecule has 2 amide bonds. The Balaban J connectivity index is 1.82. The van der Waals surface area contributed by atoms with Gasteiger partial charge in [0.05, 0.1) is 12.9 Å². The molecule has 0 radical (unpaired) electrons. The molecule has 0 aliphatic carbocycles. The Morgan fingerprint density at radius 2 is 2.30 bits per heavy atom. The lowest BCUT2D eigenvalue weighted by molar-refractivity contribution is -0.128. The molecule has 1 aromatic rings. The van der Waals surface area contributed by atoms with Gasteiger partial charge in [0.2, 0.25) is 24.4 Å². The van der Waals surface area contributed by atoms with Crippen molar-refractivity contribution in [2.45, 2.75) is 12.3 Å². The maximum atomic E-state index is 12.1. The maximum absolute atomic E-state index is 12.1. The smallest absolute Gasteiger partial charge is 0.233 e. The number of carbonyl (C=O) groups is 2. The summed E-state index contributed by atoms with van der Waals surface area (Å²) >= 11 is 1.55. The lowest BCUT2D eigenvalue weighted by Gasteiger charge is -2.24. The van der Waals surface area contributed by atoms with Crippen LogP contribution in [0.25, 0.3) is 0 Å². The SMILES string of the molecule is COc1cc(C2SCC(=O)N2CCNC(C)=O)cc2c1OCO2. The minimum Gasteiger partial charge on any atom is -0.493 e. The van der Waals surface area contributed by atoms with Crippen LogP contribution < -0.4 is 19.5 Å². The molecule has 8 heteroatoms. The predicted molar refractivity (Wildman–Crippen MR) is 84.7 cm³/mol. The Kier molecular flexibility index (Phi) is 4.51. The highest BCUT2D eigenvalue weighted by molar-refractivity contribution is 8.00. The van der Waals surface area contributed by atoms with Crippen LogP contribution in [0.1, 0.15) is 17.9 Å². The van der Waals surface area contributed by atoms with E-state index in [0.29, 0.717) is 36.1 Å². The van der Waals surface area contributed by atoms with E-state index in [2.05, 4.69) is 5.32 Å². The fraction of sp³-hybridized carbons (Fsp3) is 0.467. The van der Waals surface area contributed by atoms with Gasteiger partial charge < -0.3 is 24.4 Å². The predicted octanol–water partition coefficient (Wildman–Crippen LogP) is 1.13. The van der Waals surface area contributed by atoms with E-state index in [-0.39, 0.29) is 24.0 Å². The van der Waals surface area contributed by atoms with Gasteiger partial charge in [-0.1, -0.05) is 0 Å². The first-order valence-corrected chi connectivity index (χ1v) is 8.28. The van der Waals surface area contributed by atoms with Crippen LogP contribution in [0.4, 0.5) is 0 Å². The minimum atomic E-state index is -0.125. The fourth-order valence-electron chi connectivity index (χ4n) is 2.62. The molecule has 0 spiro atoms. The van der Waals surface area contributed by atoms with E-state index < -0.39 is 0 Å². The van der Waals surface area contributed by atoms with Crippen LogP contribution in [-0.2, 0) is 9.59 Å². The molecule has 124 valence electrons. The zero-order chi connectivity index (χ0) is 16.4. The molecular formula is C15H18N2O5S. The number of amides is 2. The maximum Gasteiger partial charge on any atom is 0.233 e. The third-order valence-electron chi connectivity index (χ3n) is 3.66. The van der Waals surface area contributed by atoms with Gasteiger partial charge in [-0.05, 0) is 17.7 Å². The molecule has 0 bridgehead atoms. The molecule has 3 rings (SSSR count). The number of nitrogens with zero attached hydrogens (tertiary/aromatic N) is 1. The molecule has 2 heterocycles. The van der Waals surface area contributed by atoms with Gasteiger partial charge in [-0.2, -0.15) is 0 Å². The summed E-state index contributed by atoms with van der Waals surface area (Å²) in [5.74, 6) is 2.18. The number of thioether (sulfide) groups is 1. The van der Waals surface area contributed by atoms with Crippen LogP contribution in [0.2, 0.25) is 0 Å². The lowest BCUT2D eigenvalue weighted by Crippen LogP contribution is -2.36.